The average Bonchev–Trinajstić information content (AvgIpc) is 2.97. The highest BCUT2D eigenvalue weighted by atomic mass is 35.5. The van der Waals surface area contributed by atoms with Gasteiger partial charge in [0.1, 0.15) is 11.5 Å². The van der Waals surface area contributed by atoms with E-state index >= 15 is 0 Å². The largest absolute Gasteiger partial charge is 0.495 e. The van der Waals surface area contributed by atoms with Gasteiger partial charge in [0.2, 0.25) is 5.95 Å². The van der Waals surface area contributed by atoms with Gasteiger partial charge in [-0.3, -0.25) is 4.79 Å². The van der Waals surface area contributed by atoms with Crippen molar-refractivity contribution >= 4 is 34.7 Å². The van der Waals surface area contributed by atoms with E-state index in [-0.39, 0.29) is 5.78 Å². The number of hydrogen-bond acceptors (Lipinski definition) is 8. The van der Waals surface area contributed by atoms with E-state index in [1.54, 1.807) is 32.7 Å². The first-order valence-corrected chi connectivity index (χ1v) is 13.5. The topological polar surface area (TPSA) is 79.8 Å². The molecule has 1 saturated heterocycles. The van der Waals surface area contributed by atoms with Gasteiger partial charge in [-0.1, -0.05) is 25.4 Å². The van der Waals surface area contributed by atoms with Crippen LogP contribution < -0.4 is 19.7 Å². The lowest BCUT2D eigenvalue weighted by Gasteiger charge is -2.36. The molecule has 0 unspecified atom stereocenters. The summed E-state index contributed by atoms with van der Waals surface area (Å²) < 4.78 is 11.1. The fourth-order valence-corrected chi connectivity index (χ4v) is 4.91. The quantitative estimate of drug-likeness (QED) is 0.325. The molecule has 202 valence electrons. The summed E-state index contributed by atoms with van der Waals surface area (Å²) in [4.78, 5) is 26.0. The van der Waals surface area contributed by atoms with Gasteiger partial charge in [0.05, 0.1) is 24.9 Å². The molecule has 0 radical (unpaired) electrons. The number of likely N-dealkylation sites (N-methyl/N-ethyl adjacent to an activating group) is 1. The zero-order valence-corrected chi connectivity index (χ0v) is 23.3. The monoisotopic (exact) mass is 537 g/mol. The van der Waals surface area contributed by atoms with Crippen LogP contribution in [0, 0.1) is 0 Å². The minimum atomic E-state index is 0.0590. The van der Waals surface area contributed by atoms with Gasteiger partial charge >= 0.3 is 0 Å². The molecule has 0 bridgehead atoms. The number of benzene rings is 2. The first-order valence-electron chi connectivity index (χ1n) is 13.1. The number of Topliss-reactive ketones (excluding diaryl/α,β-unsaturated/α-hetero) is 1. The molecule has 4 rings (SSSR count). The maximum absolute atomic E-state index is 12.2. The van der Waals surface area contributed by atoms with Crippen molar-refractivity contribution in [3.05, 3.63) is 64.4 Å². The highest BCUT2D eigenvalue weighted by Gasteiger charge is 2.19. The highest BCUT2D eigenvalue weighted by Crippen LogP contribution is 2.33. The Kier molecular flexibility index (Phi) is 9.42. The van der Waals surface area contributed by atoms with E-state index in [1.165, 1.54) is 0 Å². The fraction of sp³-hybridized carbons (Fsp3) is 0.414. The summed E-state index contributed by atoms with van der Waals surface area (Å²) in [5.41, 5.74) is 4.42. The van der Waals surface area contributed by atoms with Gasteiger partial charge in [-0.2, -0.15) is 0 Å². The Labute approximate surface area is 229 Å². The molecule has 1 aliphatic rings. The lowest BCUT2D eigenvalue weighted by atomic mass is 10.0. The van der Waals surface area contributed by atoms with Crippen LogP contribution in [-0.2, 0) is 12.8 Å². The molecule has 0 amide bonds. The smallest absolute Gasteiger partial charge is 0.227 e. The zero-order valence-electron chi connectivity index (χ0n) is 22.6. The van der Waals surface area contributed by atoms with Crippen molar-refractivity contribution < 1.29 is 14.3 Å². The van der Waals surface area contributed by atoms with Gasteiger partial charge in [0.15, 0.2) is 5.78 Å². The standard InChI is InChI=1S/C29H36ClN5O3/c1-5-25(36)22-15-21(28(30)27(16-22)38-4)8-7-20-18-31-29(32-19-20)33-23-9-10-24(26(17-23)37-3)35-13-11-34(6-2)12-14-35/h9-10,15-19H,5-8,11-14H2,1-4H3,(H,31,32,33). The van der Waals surface area contributed by atoms with E-state index in [2.05, 4.69) is 38.1 Å². The highest BCUT2D eigenvalue weighted by molar-refractivity contribution is 6.33. The zero-order chi connectivity index (χ0) is 27.1. The van der Waals surface area contributed by atoms with E-state index in [0.29, 0.717) is 41.5 Å². The molecule has 9 heteroatoms. The summed E-state index contributed by atoms with van der Waals surface area (Å²) in [7, 11) is 3.26. The van der Waals surface area contributed by atoms with Crippen LogP contribution in [0.2, 0.25) is 5.02 Å². The molecule has 1 aromatic heterocycles. The Morgan fingerprint density at radius 3 is 2.32 bits per heavy atom. The number of rotatable bonds is 11. The molecule has 3 aromatic rings. The number of ketones is 1. The Balaban J connectivity index is 1.40. The van der Waals surface area contributed by atoms with Crippen molar-refractivity contribution in [2.24, 2.45) is 0 Å². The number of halogens is 1. The number of aromatic nitrogens is 2. The second kappa shape index (κ2) is 12.9. The molecule has 2 aromatic carbocycles. The van der Waals surface area contributed by atoms with E-state index in [0.717, 1.165) is 61.0 Å². The summed E-state index contributed by atoms with van der Waals surface area (Å²) in [6.07, 6.45) is 5.36. The Morgan fingerprint density at radius 2 is 1.68 bits per heavy atom. The third-order valence-corrected chi connectivity index (χ3v) is 7.39. The molecule has 0 aliphatic carbocycles. The summed E-state index contributed by atoms with van der Waals surface area (Å²) in [5, 5.41) is 3.80. The number of piperazine rings is 1. The van der Waals surface area contributed by atoms with Crippen LogP contribution in [0.1, 0.15) is 41.8 Å². The van der Waals surface area contributed by atoms with Crippen LogP contribution >= 0.6 is 11.6 Å². The number of nitrogens with one attached hydrogen (secondary N) is 1. The summed E-state index contributed by atoms with van der Waals surface area (Å²) in [6.45, 7) is 9.21. The van der Waals surface area contributed by atoms with Crippen molar-refractivity contribution in [2.75, 3.05) is 57.2 Å². The van der Waals surface area contributed by atoms with Gasteiger partial charge in [0.25, 0.3) is 0 Å². The molecule has 8 nitrogen and oxygen atoms in total. The molecular formula is C29H36ClN5O3. The minimum Gasteiger partial charge on any atom is -0.495 e. The van der Waals surface area contributed by atoms with Crippen LogP contribution in [-0.4, -0.2) is 67.6 Å². The lowest BCUT2D eigenvalue weighted by molar-refractivity contribution is 0.0987. The molecule has 2 heterocycles. The molecular weight excluding hydrogens is 502 g/mol. The van der Waals surface area contributed by atoms with Crippen LogP contribution in [0.3, 0.4) is 0 Å². The van der Waals surface area contributed by atoms with Gasteiger partial charge < -0.3 is 24.6 Å². The first-order chi connectivity index (χ1) is 18.4. The number of ether oxygens (including phenoxy) is 2. The van der Waals surface area contributed by atoms with Crippen molar-refractivity contribution in [1.82, 2.24) is 14.9 Å². The molecule has 0 spiro atoms. The van der Waals surface area contributed by atoms with E-state index in [1.807, 2.05) is 25.1 Å². The fourth-order valence-electron chi connectivity index (χ4n) is 4.63. The minimum absolute atomic E-state index is 0.0590. The van der Waals surface area contributed by atoms with Crippen LogP contribution in [0.25, 0.3) is 0 Å². The first kappa shape index (κ1) is 27.7. The SMILES string of the molecule is CCC(=O)c1cc(CCc2cnc(Nc3ccc(N4CCN(CC)CC4)c(OC)c3)nc2)c(Cl)c(OC)c1. The molecule has 38 heavy (non-hydrogen) atoms. The van der Waals surface area contributed by atoms with E-state index < -0.39 is 0 Å². The van der Waals surface area contributed by atoms with Crippen LogP contribution in [0.5, 0.6) is 11.5 Å². The van der Waals surface area contributed by atoms with Crippen LogP contribution in [0.15, 0.2) is 42.7 Å². The summed E-state index contributed by atoms with van der Waals surface area (Å²) in [6, 6.07) is 9.66. The van der Waals surface area contributed by atoms with Gasteiger partial charge in [-0.15, -0.1) is 0 Å². The second-order valence-corrected chi connectivity index (χ2v) is 9.65. The van der Waals surface area contributed by atoms with Crippen LogP contribution in [0.4, 0.5) is 17.3 Å². The van der Waals surface area contributed by atoms with Crippen molar-refractivity contribution in [2.45, 2.75) is 33.1 Å². The number of nitrogens with zero attached hydrogens (tertiary/aromatic N) is 4. The number of methoxy groups -OCH3 is 2. The maximum Gasteiger partial charge on any atom is 0.227 e. The van der Waals surface area contributed by atoms with Gasteiger partial charge in [-0.25, -0.2) is 9.97 Å². The average molecular weight is 538 g/mol. The van der Waals surface area contributed by atoms with Crippen molar-refractivity contribution in [1.29, 1.82) is 0 Å². The number of carbonyl (C=O) groups excluding carboxylic acids is 1. The lowest BCUT2D eigenvalue weighted by Crippen LogP contribution is -2.46. The Bertz CT molecular complexity index is 1240. The Hall–Kier alpha value is -3.36. The predicted molar refractivity (Wildman–Crippen MR) is 153 cm³/mol. The Morgan fingerprint density at radius 1 is 0.974 bits per heavy atom. The van der Waals surface area contributed by atoms with Crippen molar-refractivity contribution in [3.63, 3.8) is 0 Å². The number of aryl methyl sites for hydroxylation is 2. The number of carbonyl (C=O) groups is 1. The molecule has 1 aliphatic heterocycles. The molecule has 1 N–H and O–H groups in total. The predicted octanol–water partition coefficient (Wildman–Crippen LogP) is 5.41. The molecule has 0 saturated carbocycles. The van der Waals surface area contributed by atoms with Gasteiger partial charge in [-0.05, 0) is 54.8 Å². The normalized spacial score (nSPS) is 13.9. The number of anilines is 3. The number of hydrogen-bond donors (Lipinski definition) is 1. The van der Waals surface area contributed by atoms with Crippen molar-refractivity contribution in [3.8, 4) is 11.5 Å². The maximum atomic E-state index is 12.2. The molecule has 1 fully saturated rings. The third kappa shape index (κ3) is 6.55. The summed E-state index contributed by atoms with van der Waals surface area (Å²) in [5.74, 6) is 1.91. The second-order valence-electron chi connectivity index (χ2n) is 9.28. The molecule has 0 atom stereocenters. The van der Waals surface area contributed by atoms with E-state index in [9.17, 15) is 4.79 Å². The van der Waals surface area contributed by atoms with Gasteiger partial charge in [0, 0.05) is 62.3 Å². The third-order valence-electron chi connectivity index (χ3n) is 6.96. The summed E-state index contributed by atoms with van der Waals surface area (Å²) >= 11 is 6.52. The van der Waals surface area contributed by atoms with E-state index in [4.69, 9.17) is 21.1 Å².